The Balaban J connectivity index is 4.99. The van der Waals surface area contributed by atoms with Crippen LogP contribution in [0.4, 0.5) is 0 Å². The summed E-state index contributed by atoms with van der Waals surface area (Å²) in [6.45, 7) is 10.5. The van der Waals surface area contributed by atoms with Crippen LogP contribution in [0.1, 0.15) is 66.7 Å². The van der Waals surface area contributed by atoms with E-state index < -0.39 is 11.5 Å². The van der Waals surface area contributed by atoms with E-state index in [1.54, 1.807) is 0 Å². The zero-order valence-corrected chi connectivity index (χ0v) is 17.9. The fourth-order valence-electron chi connectivity index (χ4n) is 2.53. The van der Waals surface area contributed by atoms with Gasteiger partial charge in [0.15, 0.2) is 5.96 Å². The van der Waals surface area contributed by atoms with E-state index in [0.717, 1.165) is 6.42 Å². The molecule has 0 fully saturated rings. The second kappa shape index (κ2) is 11.6. The number of rotatable bonds is 12. The Labute approximate surface area is 164 Å². The van der Waals surface area contributed by atoms with Gasteiger partial charge in [0.2, 0.25) is 11.8 Å². The van der Waals surface area contributed by atoms with Gasteiger partial charge in [0, 0.05) is 13.6 Å². The summed E-state index contributed by atoms with van der Waals surface area (Å²) in [5, 5.41) is 5.38. The van der Waals surface area contributed by atoms with Crippen LogP contribution in [0.15, 0.2) is 17.1 Å². The lowest BCUT2D eigenvalue weighted by Crippen LogP contribution is -2.49. The van der Waals surface area contributed by atoms with E-state index >= 15 is 0 Å². The van der Waals surface area contributed by atoms with Gasteiger partial charge in [0.25, 0.3) is 0 Å². The van der Waals surface area contributed by atoms with E-state index in [4.69, 9.17) is 11.5 Å². The van der Waals surface area contributed by atoms with Crippen molar-refractivity contribution in [1.82, 2.24) is 10.6 Å². The summed E-state index contributed by atoms with van der Waals surface area (Å²) in [4.78, 5) is 28.7. The Morgan fingerprint density at radius 3 is 2.26 bits per heavy atom. The van der Waals surface area contributed by atoms with Crippen LogP contribution in [0.2, 0.25) is 0 Å². The van der Waals surface area contributed by atoms with Crippen LogP contribution in [0.5, 0.6) is 0 Å². The molecule has 1 atom stereocenters. The number of hydrogen-bond acceptors (Lipinski definition) is 3. The Bertz CT molecular complexity index is 534. The van der Waals surface area contributed by atoms with Crippen LogP contribution in [0.3, 0.4) is 0 Å². The molecular weight excluding hydrogens is 342 g/mol. The summed E-state index contributed by atoms with van der Waals surface area (Å²) in [5.41, 5.74) is 9.92. The highest BCUT2D eigenvalue weighted by Crippen LogP contribution is 2.28. The molecule has 0 rings (SSSR count). The first kappa shape index (κ1) is 24.9. The van der Waals surface area contributed by atoms with Gasteiger partial charge in [0.05, 0.1) is 5.41 Å². The monoisotopic (exact) mass is 381 g/mol. The summed E-state index contributed by atoms with van der Waals surface area (Å²) < 4.78 is 0. The van der Waals surface area contributed by atoms with E-state index in [0.29, 0.717) is 6.42 Å². The van der Waals surface area contributed by atoms with E-state index in [9.17, 15) is 9.59 Å². The topological polar surface area (TPSA) is 123 Å². The van der Waals surface area contributed by atoms with Gasteiger partial charge in [-0.15, -0.1) is 0 Å². The van der Waals surface area contributed by atoms with Crippen molar-refractivity contribution in [1.29, 1.82) is 0 Å². The highest BCUT2D eigenvalue weighted by Gasteiger charge is 2.29. The molecule has 0 heterocycles. The summed E-state index contributed by atoms with van der Waals surface area (Å²) in [6, 6.07) is -0.684. The van der Waals surface area contributed by atoms with Crippen molar-refractivity contribution in [3.8, 4) is 0 Å². The van der Waals surface area contributed by atoms with Gasteiger partial charge in [0.1, 0.15) is 6.04 Å². The smallest absolute Gasteiger partial charge is 0.242 e. The lowest BCUT2D eigenvalue weighted by atomic mass is 9.82. The van der Waals surface area contributed by atoms with Crippen molar-refractivity contribution < 1.29 is 9.59 Å². The number of nitrogens with zero attached hydrogens (tertiary/aromatic N) is 1. The average Bonchev–Trinajstić information content (AvgIpc) is 2.58. The minimum Gasteiger partial charge on any atom is -0.370 e. The van der Waals surface area contributed by atoms with Crippen LogP contribution in [-0.4, -0.2) is 37.4 Å². The summed E-state index contributed by atoms with van der Waals surface area (Å²) in [7, 11) is 1.53. The number of nitrogens with one attached hydrogen (secondary N) is 2. The molecule has 0 aliphatic carbocycles. The number of aliphatic imine (C=N–C) groups is 1. The molecule has 6 N–H and O–H groups in total. The third kappa shape index (κ3) is 10.6. The number of likely N-dealkylation sites (N-methyl/N-ethyl adjacent to an activating group) is 1. The third-order valence-electron chi connectivity index (χ3n) is 4.54. The molecule has 0 saturated heterocycles. The normalized spacial score (nSPS) is 13.3. The molecule has 156 valence electrons. The number of guanidine groups is 1. The average molecular weight is 382 g/mol. The van der Waals surface area contributed by atoms with Gasteiger partial charge >= 0.3 is 0 Å². The molecule has 7 heteroatoms. The van der Waals surface area contributed by atoms with Gasteiger partial charge in [-0.25, -0.2) is 0 Å². The fraction of sp³-hybridized carbons (Fsp3) is 0.750. The number of nitrogens with two attached hydrogens (primary N) is 2. The van der Waals surface area contributed by atoms with Crippen LogP contribution in [-0.2, 0) is 9.59 Å². The molecule has 0 bridgehead atoms. The quantitative estimate of drug-likeness (QED) is 0.179. The van der Waals surface area contributed by atoms with E-state index in [-0.39, 0.29) is 29.7 Å². The molecule has 0 aromatic rings. The van der Waals surface area contributed by atoms with E-state index in [2.05, 4.69) is 42.5 Å². The molecule has 0 aliphatic heterocycles. The minimum absolute atomic E-state index is 0.0281. The predicted octanol–water partition coefficient (Wildman–Crippen LogP) is 2.07. The largest absolute Gasteiger partial charge is 0.370 e. The molecule has 7 nitrogen and oxygen atoms in total. The Kier molecular flexibility index (Phi) is 10.7. The highest BCUT2D eigenvalue weighted by atomic mass is 16.2. The molecule has 1 unspecified atom stereocenters. The first-order valence-electron chi connectivity index (χ1n) is 9.73. The maximum atomic E-state index is 12.7. The number of carbonyl (C=O) groups is 2. The summed E-state index contributed by atoms with van der Waals surface area (Å²) in [5.74, 6) is -0.513. The second-order valence-electron chi connectivity index (χ2n) is 8.24. The van der Waals surface area contributed by atoms with Crippen molar-refractivity contribution in [3.63, 3.8) is 0 Å². The molecule has 27 heavy (non-hydrogen) atoms. The van der Waals surface area contributed by atoms with Crippen molar-refractivity contribution in [2.45, 2.75) is 72.8 Å². The van der Waals surface area contributed by atoms with Crippen molar-refractivity contribution in [2.75, 3.05) is 13.6 Å². The zero-order valence-electron chi connectivity index (χ0n) is 17.9. The predicted molar refractivity (Wildman–Crippen MR) is 112 cm³/mol. The molecule has 2 amide bonds. The third-order valence-corrected chi connectivity index (χ3v) is 4.54. The molecule has 0 saturated carbocycles. The lowest BCUT2D eigenvalue weighted by Gasteiger charge is -2.26. The second-order valence-corrected chi connectivity index (χ2v) is 8.24. The fourth-order valence-corrected chi connectivity index (χ4v) is 2.53. The van der Waals surface area contributed by atoms with Gasteiger partial charge in [-0.05, 0) is 32.1 Å². The van der Waals surface area contributed by atoms with Crippen LogP contribution in [0, 0.1) is 10.8 Å². The standard InChI is InChI=1S/C20H39N5O2/c1-7-8-9-11-19(2,3)12-13-20(4,5)17(27)25-15(16(26)23-6)10-14-24-18(21)22/h12-13,15H,7-11,14H2,1-6H3,(H,23,26)(H,25,27)(H4,21,22,24). The maximum absolute atomic E-state index is 12.7. The lowest BCUT2D eigenvalue weighted by molar-refractivity contribution is -0.132. The summed E-state index contributed by atoms with van der Waals surface area (Å²) in [6.07, 6.45) is 9.02. The maximum Gasteiger partial charge on any atom is 0.242 e. The molecule has 0 aliphatic rings. The Morgan fingerprint density at radius 1 is 1.11 bits per heavy atom. The van der Waals surface area contributed by atoms with E-state index in [1.165, 1.54) is 26.3 Å². The summed E-state index contributed by atoms with van der Waals surface area (Å²) >= 11 is 0. The van der Waals surface area contributed by atoms with Crippen LogP contribution in [0.25, 0.3) is 0 Å². The van der Waals surface area contributed by atoms with Crippen LogP contribution < -0.4 is 22.1 Å². The Hall–Kier alpha value is -2.05. The van der Waals surface area contributed by atoms with Gasteiger partial charge < -0.3 is 22.1 Å². The van der Waals surface area contributed by atoms with Crippen LogP contribution >= 0.6 is 0 Å². The number of allylic oxidation sites excluding steroid dienone is 1. The highest BCUT2D eigenvalue weighted by molar-refractivity contribution is 5.90. The number of amides is 2. The van der Waals surface area contributed by atoms with Gasteiger partial charge in [-0.1, -0.05) is 52.2 Å². The number of carbonyl (C=O) groups excluding carboxylic acids is 2. The van der Waals surface area contributed by atoms with Crippen molar-refractivity contribution in [2.24, 2.45) is 27.3 Å². The SMILES string of the molecule is CCCCCC(C)(C)C=CC(C)(C)C(=O)NC(CCN=C(N)N)C(=O)NC. The molecule has 0 radical (unpaired) electrons. The van der Waals surface area contributed by atoms with Crippen molar-refractivity contribution >= 4 is 17.8 Å². The molecular formula is C20H39N5O2. The minimum atomic E-state index is -0.732. The molecule has 0 aromatic carbocycles. The Morgan fingerprint density at radius 2 is 1.74 bits per heavy atom. The first-order chi connectivity index (χ1) is 12.4. The van der Waals surface area contributed by atoms with Crippen molar-refractivity contribution in [3.05, 3.63) is 12.2 Å². The van der Waals surface area contributed by atoms with E-state index in [1.807, 2.05) is 19.9 Å². The molecule has 0 aromatic heterocycles. The zero-order chi connectivity index (χ0) is 21.1. The number of hydrogen-bond donors (Lipinski definition) is 4. The van der Waals surface area contributed by atoms with Gasteiger partial charge in [-0.3, -0.25) is 14.6 Å². The first-order valence-corrected chi connectivity index (χ1v) is 9.73. The number of unbranched alkanes of at least 4 members (excludes halogenated alkanes) is 2. The van der Waals surface area contributed by atoms with Gasteiger partial charge in [-0.2, -0.15) is 0 Å². The molecule has 0 spiro atoms.